The zero-order valence-corrected chi connectivity index (χ0v) is 14.7. The van der Waals surface area contributed by atoms with Crippen molar-refractivity contribution in [2.45, 2.75) is 32.7 Å². The van der Waals surface area contributed by atoms with Crippen molar-refractivity contribution in [3.8, 4) is 0 Å². The van der Waals surface area contributed by atoms with Gasteiger partial charge in [-0.3, -0.25) is 14.4 Å². The Balaban J connectivity index is 0.00000529. The first kappa shape index (κ1) is 21.9. The van der Waals surface area contributed by atoms with Gasteiger partial charge in [-0.05, 0) is 24.1 Å². The molecule has 0 aliphatic carbocycles. The van der Waals surface area contributed by atoms with Gasteiger partial charge in [0.15, 0.2) is 0 Å². The summed E-state index contributed by atoms with van der Waals surface area (Å²) in [6, 6.07) is 5.91. The summed E-state index contributed by atoms with van der Waals surface area (Å²) in [7, 11) is 0. The van der Waals surface area contributed by atoms with E-state index in [0.29, 0.717) is 11.3 Å². The van der Waals surface area contributed by atoms with E-state index in [0.717, 1.165) is 6.42 Å². The van der Waals surface area contributed by atoms with E-state index < -0.39 is 11.9 Å². The van der Waals surface area contributed by atoms with Crippen LogP contribution in [0.25, 0.3) is 0 Å². The molecule has 1 aromatic carbocycles. The second kappa shape index (κ2) is 10.6. The minimum absolute atomic E-state index is 0. The van der Waals surface area contributed by atoms with Gasteiger partial charge in [-0.15, -0.1) is 12.4 Å². The molecule has 0 fully saturated rings. The normalized spacial score (nSPS) is 12.5. The Hall–Kier alpha value is -2.12. The van der Waals surface area contributed by atoms with Crippen molar-refractivity contribution in [1.82, 2.24) is 5.32 Å². The molecule has 8 heteroatoms. The van der Waals surface area contributed by atoms with E-state index >= 15 is 0 Å². The Morgan fingerprint density at radius 1 is 1.25 bits per heavy atom. The summed E-state index contributed by atoms with van der Waals surface area (Å²) in [4.78, 5) is 34.7. The van der Waals surface area contributed by atoms with Gasteiger partial charge >= 0.3 is 0 Å². The number of amides is 3. The molecule has 7 nitrogen and oxygen atoms in total. The first-order chi connectivity index (χ1) is 10.8. The van der Waals surface area contributed by atoms with Gasteiger partial charge in [-0.1, -0.05) is 26.3 Å². The topological polar surface area (TPSA) is 127 Å². The van der Waals surface area contributed by atoms with E-state index in [9.17, 15) is 14.4 Å². The molecule has 2 atom stereocenters. The quantitative estimate of drug-likeness (QED) is 0.554. The van der Waals surface area contributed by atoms with Crippen LogP contribution in [0.2, 0.25) is 0 Å². The molecule has 0 aromatic heterocycles. The molecular weight excluding hydrogens is 332 g/mol. The Morgan fingerprint density at radius 2 is 1.92 bits per heavy atom. The van der Waals surface area contributed by atoms with Gasteiger partial charge in [0, 0.05) is 24.2 Å². The number of benzene rings is 1. The Labute approximate surface area is 147 Å². The van der Waals surface area contributed by atoms with Crippen LogP contribution in [0.15, 0.2) is 24.3 Å². The van der Waals surface area contributed by atoms with Crippen LogP contribution in [0.3, 0.4) is 0 Å². The molecule has 6 N–H and O–H groups in total. The highest BCUT2D eigenvalue weighted by Gasteiger charge is 2.19. The summed E-state index contributed by atoms with van der Waals surface area (Å²) in [5, 5.41) is 5.29. The number of halogens is 1. The van der Waals surface area contributed by atoms with E-state index in [4.69, 9.17) is 11.5 Å². The first-order valence-electron chi connectivity index (χ1n) is 7.58. The highest BCUT2D eigenvalue weighted by atomic mass is 35.5. The number of primary amides is 1. The second-order valence-electron chi connectivity index (χ2n) is 5.45. The van der Waals surface area contributed by atoms with Crippen molar-refractivity contribution >= 4 is 35.8 Å². The van der Waals surface area contributed by atoms with Crippen LogP contribution >= 0.6 is 12.4 Å². The molecule has 0 heterocycles. The molecule has 0 saturated heterocycles. The third kappa shape index (κ3) is 6.97. The van der Waals surface area contributed by atoms with Crippen LogP contribution in [-0.4, -0.2) is 30.3 Å². The summed E-state index contributed by atoms with van der Waals surface area (Å²) >= 11 is 0. The van der Waals surface area contributed by atoms with Gasteiger partial charge in [-0.25, -0.2) is 0 Å². The van der Waals surface area contributed by atoms with Gasteiger partial charge in [0.2, 0.25) is 11.8 Å². The fraction of sp³-hybridized carbons (Fsp3) is 0.438. The van der Waals surface area contributed by atoms with E-state index in [1.807, 2.05) is 13.8 Å². The van der Waals surface area contributed by atoms with Crippen molar-refractivity contribution in [3.05, 3.63) is 29.8 Å². The molecule has 1 aromatic rings. The number of carbonyl (C=O) groups is 3. The van der Waals surface area contributed by atoms with E-state index in [1.54, 1.807) is 24.3 Å². The standard InChI is InChI=1S/C16H24N4O3.ClH/c1-3-10(2)14(18)16(23)20-12-6-4-5-11(9-12)15(22)19-8-7-13(17)21;/h4-6,9-10,14H,3,7-8,18H2,1-2H3,(H2,17,21)(H,19,22)(H,20,23);1H. The van der Waals surface area contributed by atoms with Crippen LogP contribution in [0.1, 0.15) is 37.0 Å². The van der Waals surface area contributed by atoms with Crippen LogP contribution in [0.4, 0.5) is 5.69 Å². The van der Waals surface area contributed by atoms with Crippen molar-refractivity contribution < 1.29 is 14.4 Å². The maximum absolute atomic E-state index is 12.1. The number of anilines is 1. The van der Waals surface area contributed by atoms with Crippen molar-refractivity contribution in [1.29, 1.82) is 0 Å². The fourth-order valence-electron chi connectivity index (χ4n) is 1.88. The smallest absolute Gasteiger partial charge is 0.251 e. The molecule has 3 amide bonds. The molecule has 24 heavy (non-hydrogen) atoms. The zero-order chi connectivity index (χ0) is 17.4. The Bertz CT molecular complexity index is 580. The fourth-order valence-corrected chi connectivity index (χ4v) is 1.88. The average molecular weight is 357 g/mol. The number of rotatable bonds is 8. The molecule has 0 aliphatic rings. The minimum Gasteiger partial charge on any atom is -0.370 e. The van der Waals surface area contributed by atoms with Crippen LogP contribution in [0, 0.1) is 5.92 Å². The minimum atomic E-state index is -0.604. The lowest BCUT2D eigenvalue weighted by molar-refractivity contribution is -0.119. The Kier molecular flexibility index (Phi) is 9.68. The third-order valence-electron chi connectivity index (χ3n) is 3.61. The monoisotopic (exact) mass is 356 g/mol. The molecule has 0 radical (unpaired) electrons. The summed E-state index contributed by atoms with van der Waals surface area (Å²) in [5.41, 5.74) is 11.8. The van der Waals surface area contributed by atoms with Crippen LogP contribution < -0.4 is 22.1 Å². The first-order valence-corrected chi connectivity index (χ1v) is 7.58. The summed E-state index contributed by atoms with van der Waals surface area (Å²) < 4.78 is 0. The lowest BCUT2D eigenvalue weighted by atomic mass is 9.99. The van der Waals surface area contributed by atoms with Gasteiger partial charge in [0.25, 0.3) is 5.91 Å². The van der Waals surface area contributed by atoms with E-state index in [-0.39, 0.29) is 43.1 Å². The molecule has 0 aliphatic heterocycles. The molecule has 1 rings (SSSR count). The lowest BCUT2D eigenvalue weighted by Crippen LogP contribution is -2.40. The number of nitrogens with two attached hydrogens (primary N) is 2. The highest BCUT2D eigenvalue weighted by molar-refractivity contribution is 5.98. The van der Waals surface area contributed by atoms with E-state index in [1.165, 1.54) is 0 Å². The number of carbonyl (C=O) groups excluding carboxylic acids is 3. The SMILES string of the molecule is CCC(C)C(N)C(=O)Nc1cccc(C(=O)NCCC(N)=O)c1.Cl. The molecule has 0 bridgehead atoms. The third-order valence-corrected chi connectivity index (χ3v) is 3.61. The van der Waals surface area contributed by atoms with Crippen molar-refractivity contribution in [2.24, 2.45) is 17.4 Å². The largest absolute Gasteiger partial charge is 0.370 e. The number of nitrogens with one attached hydrogen (secondary N) is 2. The lowest BCUT2D eigenvalue weighted by Gasteiger charge is -2.18. The maximum atomic E-state index is 12.1. The maximum Gasteiger partial charge on any atom is 0.251 e. The second-order valence-corrected chi connectivity index (χ2v) is 5.45. The van der Waals surface area contributed by atoms with Gasteiger partial charge in [0.1, 0.15) is 0 Å². The summed E-state index contributed by atoms with van der Waals surface area (Å²) in [6.07, 6.45) is 0.878. The molecule has 2 unspecified atom stereocenters. The van der Waals surface area contributed by atoms with Crippen LogP contribution in [-0.2, 0) is 9.59 Å². The summed E-state index contributed by atoms with van der Waals surface area (Å²) in [6.45, 7) is 4.05. The van der Waals surface area contributed by atoms with Crippen molar-refractivity contribution in [2.75, 3.05) is 11.9 Å². The predicted octanol–water partition coefficient (Wildman–Crippen LogP) is 1.03. The molecule has 0 saturated carbocycles. The molecule has 0 spiro atoms. The predicted molar refractivity (Wildman–Crippen MR) is 95.9 cm³/mol. The Morgan fingerprint density at radius 3 is 2.50 bits per heavy atom. The average Bonchev–Trinajstić information content (AvgIpc) is 2.53. The highest BCUT2D eigenvalue weighted by Crippen LogP contribution is 2.13. The van der Waals surface area contributed by atoms with Gasteiger partial charge < -0.3 is 22.1 Å². The number of hydrogen-bond acceptors (Lipinski definition) is 4. The van der Waals surface area contributed by atoms with Crippen LogP contribution in [0.5, 0.6) is 0 Å². The zero-order valence-electron chi connectivity index (χ0n) is 13.9. The van der Waals surface area contributed by atoms with E-state index in [2.05, 4.69) is 10.6 Å². The van der Waals surface area contributed by atoms with Crippen molar-refractivity contribution in [3.63, 3.8) is 0 Å². The molecule has 134 valence electrons. The molecular formula is C16H25ClN4O3. The van der Waals surface area contributed by atoms with Gasteiger partial charge in [0.05, 0.1) is 6.04 Å². The number of hydrogen-bond donors (Lipinski definition) is 4. The summed E-state index contributed by atoms with van der Waals surface area (Å²) in [5.74, 6) is -1.04. The van der Waals surface area contributed by atoms with Gasteiger partial charge in [-0.2, -0.15) is 0 Å².